The van der Waals surface area contributed by atoms with Gasteiger partial charge in [-0.2, -0.15) is 5.26 Å². The summed E-state index contributed by atoms with van der Waals surface area (Å²) >= 11 is 1.78. The molecule has 21 heavy (non-hydrogen) atoms. The molecule has 1 heterocycles. The number of hydrogen-bond acceptors (Lipinski definition) is 3. The van der Waals surface area contributed by atoms with Crippen LogP contribution in [0.2, 0.25) is 0 Å². The third-order valence-electron chi connectivity index (χ3n) is 4.96. The molecule has 1 fully saturated rings. The number of hydrogen-bond donors (Lipinski definition) is 1. The third kappa shape index (κ3) is 2.85. The number of carbonyl (C=O) groups is 1. The lowest BCUT2D eigenvalue weighted by Crippen LogP contribution is -2.42. The van der Waals surface area contributed by atoms with Crippen molar-refractivity contribution in [1.29, 1.82) is 5.26 Å². The predicted octanol–water partition coefficient (Wildman–Crippen LogP) is 4.11. The van der Waals surface area contributed by atoms with Crippen molar-refractivity contribution in [3.05, 3.63) is 21.9 Å². The molecule has 0 aliphatic heterocycles. The lowest BCUT2D eigenvalue weighted by molar-refractivity contribution is -0.129. The smallest absolute Gasteiger partial charge is 0.240 e. The molecule has 2 aliphatic carbocycles. The highest BCUT2D eigenvalue weighted by Crippen LogP contribution is 2.38. The maximum Gasteiger partial charge on any atom is 0.240 e. The first-order valence-electron chi connectivity index (χ1n) is 8.04. The fraction of sp³-hybridized carbons (Fsp3) is 0.647. The first-order valence-corrected chi connectivity index (χ1v) is 8.92. The van der Waals surface area contributed by atoms with Crippen molar-refractivity contribution in [2.45, 2.75) is 63.8 Å². The van der Waals surface area contributed by atoms with E-state index in [0.717, 1.165) is 57.8 Å². The van der Waals surface area contributed by atoms with Crippen molar-refractivity contribution in [2.75, 3.05) is 0 Å². The normalized spacial score (nSPS) is 24.4. The molecule has 2 aliphatic rings. The predicted molar refractivity (Wildman–Crippen MR) is 83.9 cm³/mol. The van der Waals surface area contributed by atoms with Crippen LogP contribution in [0.25, 0.3) is 0 Å². The molecule has 0 radical (unpaired) electrons. The summed E-state index contributed by atoms with van der Waals surface area (Å²) in [6.07, 6.45) is 8.98. The highest BCUT2D eigenvalue weighted by atomic mass is 32.1. The van der Waals surface area contributed by atoms with Crippen LogP contribution >= 0.6 is 11.3 Å². The monoisotopic (exact) mass is 302 g/mol. The summed E-state index contributed by atoms with van der Waals surface area (Å²) in [7, 11) is 0. The molecule has 3 nitrogen and oxygen atoms in total. The van der Waals surface area contributed by atoms with Gasteiger partial charge in [-0.3, -0.25) is 4.79 Å². The van der Waals surface area contributed by atoms with Crippen LogP contribution in [0.4, 0.5) is 0 Å². The number of carbonyl (C=O) groups excluding carboxylic acids is 1. The van der Waals surface area contributed by atoms with Crippen LogP contribution in [0.5, 0.6) is 0 Å². The minimum Gasteiger partial charge on any atom is -0.348 e. The van der Waals surface area contributed by atoms with Gasteiger partial charge < -0.3 is 5.32 Å². The fourth-order valence-corrected chi connectivity index (χ4v) is 4.64. The van der Waals surface area contributed by atoms with Crippen molar-refractivity contribution >= 4 is 17.2 Å². The van der Waals surface area contributed by atoms with Crippen molar-refractivity contribution in [1.82, 2.24) is 5.32 Å². The van der Waals surface area contributed by atoms with Gasteiger partial charge in [-0.1, -0.05) is 25.7 Å². The summed E-state index contributed by atoms with van der Waals surface area (Å²) in [6.45, 7) is 0. The van der Waals surface area contributed by atoms with Crippen molar-refractivity contribution < 1.29 is 4.79 Å². The third-order valence-corrected chi connectivity index (χ3v) is 5.96. The van der Waals surface area contributed by atoms with E-state index in [2.05, 4.69) is 22.8 Å². The van der Waals surface area contributed by atoms with E-state index in [1.54, 1.807) is 11.3 Å². The molecule has 0 bridgehead atoms. The molecule has 1 atom stereocenters. The highest BCUT2D eigenvalue weighted by molar-refractivity contribution is 7.10. The molecule has 3 rings (SSSR count). The Morgan fingerprint density at radius 3 is 2.76 bits per heavy atom. The maximum atomic E-state index is 12.8. The van der Waals surface area contributed by atoms with Gasteiger partial charge in [0.05, 0.1) is 12.1 Å². The number of nitrogens with zero attached hydrogens (tertiary/aromatic N) is 1. The minimum absolute atomic E-state index is 0.0315. The Morgan fingerprint density at radius 2 is 2.05 bits per heavy atom. The molecule has 1 aromatic rings. The second-order valence-corrected chi connectivity index (χ2v) is 7.33. The number of amides is 1. The number of aryl methyl sites for hydroxylation is 1. The van der Waals surface area contributed by atoms with Crippen LogP contribution < -0.4 is 5.32 Å². The Morgan fingerprint density at radius 1 is 1.29 bits per heavy atom. The molecule has 0 aromatic carbocycles. The number of thiophene rings is 1. The summed E-state index contributed by atoms with van der Waals surface area (Å²) in [4.78, 5) is 14.2. The highest BCUT2D eigenvalue weighted by Gasteiger charge is 2.40. The van der Waals surface area contributed by atoms with Crippen molar-refractivity contribution in [3.63, 3.8) is 0 Å². The molecule has 1 saturated carbocycles. The lowest BCUT2D eigenvalue weighted by atomic mass is 9.80. The second kappa shape index (κ2) is 6.19. The number of fused-ring (bicyclic) bond motifs is 1. The van der Waals surface area contributed by atoms with Gasteiger partial charge in [-0.05, 0) is 49.1 Å². The van der Waals surface area contributed by atoms with Gasteiger partial charge in [-0.15, -0.1) is 11.3 Å². The average Bonchev–Trinajstić information content (AvgIpc) is 2.85. The van der Waals surface area contributed by atoms with Crippen LogP contribution in [-0.2, 0) is 11.2 Å². The zero-order valence-electron chi connectivity index (χ0n) is 12.4. The quantitative estimate of drug-likeness (QED) is 0.836. The van der Waals surface area contributed by atoms with E-state index in [9.17, 15) is 10.1 Å². The number of nitriles is 1. The first kappa shape index (κ1) is 14.6. The Balaban J connectivity index is 1.76. The van der Waals surface area contributed by atoms with Crippen molar-refractivity contribution in [3.8, 4) is 6.07 Å². The van der Waals surface area contributed by atoms with Gasteiger partial charge in [0.25, 0.3) is 0 Å². The summed E-state index contributed by atoms with van der Waals surface area (Å²) in [5.41, 5.74) is 0.491. The Kier molecular flexibility index (Phi) is 4.30. The average molecular weight is 302 g/mol. The summed E-state index contributed by atoms with van der Waals surface area (Å²) in [5.74, 6) is -0.0315. The van der Waals surface area contributed by atoms with Gasteiger partial charge in [-0.25, -0.2) is 0 Å². The minimum atomic E-state index is -0.788. The fourth-order valence-electron chi connectivity index (χ4n) is 3.65. The molecule has 4 heteroatoms. The molecular formula is C17H22N2OS. The number of rotatable bonds is 2. The molecule has 1 N–H and O–H groups in total. The van der Waals surface area contributed by atoms with E-state index < -0.39 is 5.41 Å². The van der Waals surface area contributed by atoms with Gasteiger partial charge in [0.1, 0.15) is 5.41 Å². The molecule has 1 unspecified atom stereocenters. The standard InChI is InChI=1S/C17H22N2OS/c18-12-17(9-3-1-2-4-10-17)16(20)19-14-6-5-7-15-13(14)8-11-21-15/h8,11,14H,1-7,9-10H2,(H,19,20). The Labute approximate surface area is 130 Å². The van der Waals surface area contributed by atoms with E-state index in [0.29, 0.717) is 0 Å². The molecular weight excluding hydrogens is 280 g/mol. The van der Waals surface area contributed by atoms with E-state index in [4.69, 9.17) is 0 Å². The largest absolute Gasteiger partial charge is 0.348 e. The van der Waals surface area contributed by atoms with Gasteiger partial charge in [0, 0.05) is 4.88 Å². The molecule has 0 spiro atoms. The summed E-state index contributed by atoms with van der Waals surface area (Å²) in [6, 6.07) is 4.60. The van der Waals surface area contributed by atoms with Crippen LogP contribution in [-0.4, -0.2) is 5.91 Å². The first-order chi connectivity index (χ1) is 10.2. The van der Waals surface area contributed by atoms with Crippen LogP contribution in [0.15, 0.2) is 11.4 Å². The molecule has 1 amide bonds. The van der Waals surface area contributed by atoms with Crippen LogP contribution in [0, 0.1) is 16.7 Å². The second-order valence-electron chi connectivity index (χ2n) is 6.33. The van der Waals surface area contributed by atoms with E-state index in [1.165, 1.54) is 10.4 Å². The molecule has 112 valence electrons. The number of nitrogens with one attached hydrogen (secondary N) is 1. The zero-order chi connectivity index (χ0) is 14.7. The van der Waals surface area contributed by atoms with Crippen molar-refractivity contribution in [2.24, 2.45) is 5.41 Å². The van der Waals surface area contributed by atoms with E-state index in [-0.39, 0.29) is 11.9 Å². The summed E-state index contributed by atoms with van der Waals surface area (Å²) < 4.78 is 0. The zero-order valence-corrected chi connectivity index (χ0v) is 13.2. The van der Waals surface area contributed by atoms with Gasteiger partial charge in [0.15, 0.2) is 0 Å². The van der Waals surface area contributed by atoms with E-state index in [1.807, 2.05) is 0 Å². The van der Waals surface area contributed by atoms with Gasteiger partial charge >= 0.3 is 0 Å². The molecule has 1 aromatic heterocycles. The maximum absolute atomic E-state index is 12.8. The van der Waals surface area contributed by atoms with E-state index >= 15 is 0 Å². The lowest BCUT2D eigenvalue weighted by Gasteiger charge is -2.29. The topological polar surface area (TPSA) is 52.9 Å². The Hall–Kier alpha value is -1.34. The van der Waals surface area contributed by atoms with Crippen LogP contribution in [0.1, 0.15) is 67.8 Å². The van der Waals surface area contributed by atoms with Gasteiger partial charge in [0.2, 0.25) is 5.91 Å². The SMILES string of the molecule is N#CC1(C(=O)NC2CCCc3sccc32)CCCCCC1. The Bertz CT molecular complexity index is 549. The molecule has 0 saturated heterocycles. The summed E-state index contributed by atoms with van der Waals surface area (Å²) in [5, 5.41) is 14.9. The van der Waals surface area contributed by atoms with Crippen LogP contribution in [0.3, 0.4) is 0 Å².